The van der Waals surface area contributed by atoms with E-state index < -0.39 is 0 Å². The SMILES string of the molecule is Cc1cccnc1C(=O)CC(C)C. The van der Waals surface area contributed by atoms with E-state index in [2.05, 4.69) is 4.98 Å². The summed E-state index contributed by atoms with van der Waals surface area (Å²) in [5.41, 5.74) is 1.59. The van der Waals surface area contributed by atoms with Gasteiger partial charge < -0.3 is 0 Å². The fraction of sp³-hybridized carbons (Fsp3) is 0.455. The van der Waals surface area contributed by atoms with Crippen LogP contribution >= 0.6 is 0 Å². The Morgan fingerprint density at radius 1 is 1.54 bits per heavy atom. The molecule has 0 aliphatic heterocycles. The van der Waals surface area contributed by atoms with Gasteiger partial charge in [-0.2, -0.15) is 0 Å². The topological polar surface area (TPSA) is 30.0 Å². The second-order valence-electron chi connectivity index (χ2n) is 3.69. The lowest BCUT2D eigenvalue weighted by molar-refractivity contribution is 0.0962. The summed E-state index contributed by atoms with van der Waals surface area (Å²) >= 11 is 0. The molecule has 2 heteroatoms. The standard InChI is InChI=1S/C11H15NO/c1-8(2)7-10(13)11-9(3)5-4-6-12-11/h4-6,8H,7H2,1-3H3. The summed E-state index contributed by atoms with van der Waals surface area (Å²) in [5, 5.41) is 0. The second kappa shape index (κ2) is 4.17. The van der Waals surface area contributed by atoms with Crippen LogP contribution in [0.4, 0.5) is 0 Å². The summed E-state index contributed by atoms with van der Waals surface area (Å²) in [6.07, 6.45) is 2.25. The van der Waals surface area contributed by atoms with Crippen molar-refractivity contribution in [1.82, 2.24) is 4.98 Å². The Morgan fingerprint density at radius 3 is 2.77 bits per heavy atom. The molecular formula is C11H15NO. The molecule has 0 aliphatic carbocycles. The molecule has 0 aromatic carbocycles. The maximum atomic E-state index is 11.6. The highest BCUT2D eigenvalue weighted by Crippen LogP contribution is 2.10. The molecule has 0 unspecified atom stereocenters. The summed E-state index contributed by atoms with van der Waals surface area (Å²) in [6, 6.07) is 3.77. The normalized spacial score (nSPS) is 10.5. The third-order valence-corrected chi connectivity index (χ3v) is 1.87. The van der Waals surface area contributed by atoms with Crippen LogP contribution in [0.5, 0.6) is 0 Å². The van der Waals surface area contributed by atoms with Gasteiger partial charge in [0.05, 0.1) is 0 Å². The fourth-order valence-corrected chi connectivity index (χ4v) is 1.25. The second-order valence-corrected chi connectivity index (χ2v) is 3.69. The molecule has 0 fully saturated rings. The van der Waals surface area contributed by atoms with Crippen molar-refractivity contribution in [2.45, 2.75) is 27.2 Å². The Labute approximate surface area is 79.0 Å². The van der Waals surface area contributed by atoms with Gasteiger partial charge in [0.1, 0.15) is 5.69 Å². The van der Waals surface area contributed by atoms with E-state index in [1.807, 2.05) is 32.9 Å². The van der Waals surface area contributed by atoms with Crippen molar-refractivity contribution in [3.63, 3.8) is 0 Å². The van der Waals surface area contributed by atoms with Gasteiger partial charge in [-0.1, -0.05) is 19.9 Å². The molecule has 1 rings (SSSR count). The van der Waals surface area contributed by atoms with Gasteiger partial charge in [0, 0.05) is 12.6 Å². The Morgan fingerprint density at radius 2 is 2.23 bits per heavy atom. The Kier molecular flexibility index (Phi) is 3.18. The largest absolute Gasteiger partial charge is 0.292 e. The maximum absolute atomic E-state index is 11.6. The number of aromatic nitrogens is 1. The van der Waals surface area contributed by atoms with E-state index in [-0.39, 0.29) is 5.78 Å². The molecule has 70 valence electrons. The number of hydrogen-bond acceptors (Lipinski definition) is 2. The predicted molar refractivity (Wildman–Crippen MR) is 52.8 cm³/mol. The third-order valence-electron chi connectivity index (χ3n) is 1.87. The van der Waals surface area contributed by atoms with Crippen LogP contribution in [0.25, 0.3) is 0 Å². The lowest BCUT2D eigenvalue weighted by Crippen LogP contribution is -2.07. The first kappa shape index (κ1) is 9.90. The summed E-state index contributed by atoms with van der Waals surface area (Å²) in [7, 11) is 0. The Bertz CT molecular complexity index is 305. The zero-order valence-corrected chi connectivity index (χ0v) is 8.37. The molecule has 2 nitrogen and oxygen atoms in total. The molecule has 0 radical (unpaired) electrons. The zero-order chi connectivity index (χ0) is 9.84. The van der Waals surface area contributed by atoms with Gasteiger partial charge in [-0.05, 0) is 24.5 Å². The van der Waals surface area contributed by atoms with Crippen LogP contribution in [-0.2, 0) is 0 Å². The third kappa shape index (κ3) is 2.65. The number of ketones is 1. The molecule has 0 atom stereocenters. The van der Waals surface area contributed by atoms with Gasteiger partial charge >= 0.3 is 0 Å². The van der Waals surface area contributed by atoms with Crippen LogP contribution in [0.2, 0.25) is 0 Å². The monoisotopic (exact) mass is 177 g/mol. The molecule has 0 spiro atoms. The Hall–Kier alpha value is -1.18. The van der Waals surface area contributed by atoms with Gasteiger partial charge in [0.15, 0.2) is 5.78 Å². The van der Waals surface area contributed by atoms with Gasteiger partial charge in [0.2, 0.25) is 0 Å². The smallest absolute Gasteiger partial charge is 0.181 e. The number of rotatable bonds is 3. The predicted octanol–water partition coefficient (Wildman–Crippen LogP) is 2.62. The molecule has 0 saturated heterocycles. The van der Waals surface area contributed by atoms with Gasteiger partial charge in [-0.25, -0.2) is 0 Å². The van der Waals surface area contributed by atoms with Gasteiger partial charge in [-0.15, -0.1) is 0 Å². The van der Waals surface area contributed by atoms with Crippen molar-refractivity contribution in [2.75, 3.05) is 0 Å². The van der Waals surface area contributed by atoms with Crippen molar-refractivity contribution in [3.8, 4) is 0 Å². The number of Topliss-reactive ketones (excluding diaryl/α,β-unsaturated/α-hetero) is 1. The molecule has 0 saturated carbocycles. The molecule has 0 aliphatic rings. The number of pyridine rings is 1. The van der Waals surface area contributed by atoms with Crippen LogP contribution in [0, 0.1) is 12.8 Å². The van der Waals surface area contributed by atoms with E-state index in [0.717, 1.165) is 5.56 Å². The maximum Gasteiger partial charge on any atom is 0.181 e. The van der Waals surface area contributed by atoms with Crippen molar-refractivity contribution < 1.29 is 4.79 Å². The van der Waals surface area contributed by atoms with E-state index in [9.17, 15) is 4.79 Å². The minimum absolute atomic E-state index is 0.146. The van der Waals surface area contributed by atoms with Crippen molar-refractivity contribution in [2.24, 2.45) is 5.92 Å². The van der Waals surface area contributed by atoms with Gasteiger partial charge in [-0.3, -0.25) is 9.78 Å². The van der Waals surface area contributed by atoms with Crippen LogP contribution in [0.15, 0.2) is 18.3 Å². The van der Waals surface area contributed by atoms with Crippen LogP contribution in [-0.4, -0.2) is 10.8 Å². The fourth-order valence-electron chi connectivity index (χ4n) is 1.25. The van der Waals surface area contributed by atoms with E-state index in [1.54, 1.807) is 6.20 Å². The van der Waals surface area contributed by atoms with E-state index in [4.69, 9.17) is 0 Å². The number of aryl methyl sites for hydroxylation is 1. The zero-order valence-electron chi connectivity index (χ0n) is 8.37. The molecule has 1 heterocycles. The number of hydrogen-bond donors (Lipinski definition) is 0. The Balaban J connectivity index is 2.83. The minimum atomic E-state index is 0.146. The quantitative estimate of drug-likeness (QED) is 0.664. The van der Waals surface area contributed by atoms with E-state index >= 15 is 0 Å². The van der Waals surface area contributed by atoms with Crippen molar-refractivity contribution >= 4 is 5.78 Å². The van der Waals surface area contributed by atoms with Gasteiger partial charge in [0.25, 0.3) is 0 Å². The summed E-state index contributed by atoms with van der Waals surface area (Å²) < 4.78 is 0. The summed E-state index contributed by atoms with van der Waals surface area (Å²) in [6.45, 7) is 5.99. The number of carbonyl (C=O) groups is 1. The lowest BCUT2D eigenvalue weighted by atomic mass is 10.0. The van der Waals surface area contributed by atoms with Crippen LogP contribution in [0.1, 0.15) is 36.3 Å². The van der Waals surface area contributed by atoms with E-state index in [0.29, 0.717) is 18.0 Å². The molecule has 13 heavy (non-hydrogen) atoms. The average Bonchev–Trinajstić information content (AvgIpc) is 2.03. The molecule has 1 aromatic heterocycles. The molecule has 0 amide bonds. The first-order valence-corrected chi connectivity index (χ1v) is 4.56. The highest BCUT2D eigenvalue weighted by Gasteiger charge is 2.11. The van der Waals surface area contributed by atoms with Crippen molar-refractivity contribution in [3.05, 3.63) is 29.6 Å². The van der Waals surface area contributed by atoms with Crippen LogP contribution < -0.4 is 0 Å². The van der Waals surface area contributed by atoms with Crippen molar-refractivity contribution in [1.29, 1.82) is 0 Å². The number of nitrogens with zero attached hydrogens (tertiary/aromatic N) is 1. The van der Waals surface area contributed by atoms with E-state index in [1.165, 1.54) is 0 Å². The summed E-state index contributed by atoms with van der Waals surface area (Å²) in [5.74, 6) is 0.544. The summed E-state index contributed by atoms with van der Waals surface area (Å²) in [4.78, 5) is 15.7. The lowest BCUT2D eigenvalue weighted by Gasteiger charge is -2.04. The molecule has 0 bridgehead atoms. The minimum Gasteiger partial charge on any atom is -0.292 e. The number of carbonyl (C=O) groups excluding carboxylic acids is 1. The first-order chi connectivity index (χ1) is 6.11. The highest BCUT2D eigenvalue weighted by molar-refractivity contribution is 5.95. The first-order valence-electron chi connectivity index (χ1n) is 4.56. The molecule has 0 N–H and O–H groups in total. The molecular weight excluding hydrogens is 162 g/mol. The molecule has 1 aromatic rings. The average molecular weight is 177 g/mol. The van der Waals surface area contributed by atoms with Crippen LogP contribution in [0.3, 0.4) is 0 Å². The highest BCUT2D eigenvalue weighted by atomic mass is 16.1.